The minimum atomic E-state index is -0.953. The van der Waals surface area contributed by atoms with Gasteiger partial charge in [0, 0.05) is 19.4 Å². The summed E-state index contributed by atoms with van der Waals surface area (Å²) in [6.07, 6.45) is 4.80. The summed E-state index contributed by atoms with van der Waals surface area (Å²) in [5.74, 6) is -0.953. The summed E-state index contributed by atoms with van der Waals surface area (Å²) in [6.45, 7) is 0. The van der Waals surface area contributed by atoms with Crippen molar-refractivity contribution in [3.05, 3.63) is 12.3 Å². The summed E-state index contributed by atoms with van der Waals surface area (Å²) >= 11 is 0. The van der Waals surface area contributed by atoms with Gasteiger partial charge >= 0.3 is 0 Å². The lowest BCUT2D eigenvalue weighted by molar-refractivity contribution is 0.0449. The van der Waals surface area contributed by atoms with E-state index >= 15 is 0 Å². The molecule has 0 aromatic rings. The zero-order valence-corrected chi connectivity index (χ0v) is 5.16. The normalized spacial score (nSPS) is 32.2. The Labute approximate surface area is 53.4 Å². The van der Waals surface area contributed by atoms with Crippen molar-refractivity contribution in [2.24, 2.45) is 10.7 Å². The van der Waals surface area contributed by atoms with Gasteiger partial charge in [0.25, 0.3) is 0 Å². The monoisotopic (exact) mass is 127 g/mol. The first-order chi connectivity index (χ1) is 4.27. The number of hydrogen-bond donors (Lipinski definition) is 2. The minimum Gasteiger partial charge on any atom is -0.353 e. The molecule has 0 fully saturated rings. The molecule has 1 atom stereocenters. The summed E-state index contributed by atoms with van der Waals surface area (Å²) in [5.41, 5.74) is 5.51. The molecule has 1 aliphatic heterocycles. The molecule has 0 aliphatic carbocycles. The van der Waals surface area contributed by atoms with E-state index in [-0.39, 0.29) is 0 Å². The van der Waals surface area contributed by atoms with Crippen LogP contribution in [0.4, 0.5) is 0 Å². The highest BCUT2D eigenvalue weighted by Crippen LogP contribution is 2.05. The van der Waals surface area contributed by atoms with Crippen LogP contribution in [-0.4, -0.2) is 19.3 Å². The van der Waals surface area contributed by atoms with Crippen molar-refractivity contribution in [1.82, 2.24) is 5.32 Å². The van der Waals surface area contributed by atoms with Crippen molar-refractivity contribution in [1.29, 1.82) is 0 Å². The van der Waals surface area contributed by atoms with Crippen LogP contribution in [0, 0.1) is 0 Å². The van der Waals surface area contributed by atoms with Gasteiger partial charge in [0.05, 0.1) is 6.34 Å². The highest BCUT2D eigenvalue weighted by molar-refractivity contribution is 5.58. The summed E-state index contributed by atoms with van der Waals surface area (Å²) in [5, 5.41) is 2.74. The Bertz CT molecular complexity index is 140. The van der Waals surface area contributed by atoms with Gasteiger partial charge in [-0.15, -0.1) is 0 Å². The molecule has 4 nitrogen and oxygen atoms in total. The molecule has 1 rings (SSSR count). The molecule has 1 heterocycles. The molecule has 0 bridgehead atoms. The Hall–Kier alpha value is -0.870. The van der Waals surface area contributed by atoms with Crippen LogP contribution < -0.4 is 11.1 Å². The maximum Gasteiger partial charge on any atom is 0.236 e. The number of nitrogens with one attached hydrogen (secondary N) is 1. The largest absolute Gasteiger partial charge is 0.353 e. The molecule has 0 spiro atoms. The standard InChI is InChI=1S/C5H9N3O/c1-9-5(6)2-3-7-4-8-5/h2-4H,6H2,1H3,(H,7,8). The van der Waals surface area contributed by atoms with Crippen LogP contribution in [0.3, 0.4) is 0 Å². The maximum atomic E-state index is 5.51. The summed E-state index contributed by atoms with van der Waals surface area (Å²) in [6, 6.07) is 0. The molecule has 0 amide bonds. The van der Waals surface area contributed by atoms with Crippen LogP contribution in [-0.2, 0) is 4.74 Å². The fourth-order valence-electron chi connectivity index (χ4n) is 0.512. The average molecular weight is 127 g/mol. The van der Waals surface area contributed by atoms with E-state index < -0.39 is 5.85 Å². The third kappa shape index (κ3) is 1.28. The van der Waals surface area contributed by atoms with Gasteiger partial charge in [-0.1, -0.05) is 0 Å². The average Bonchev–Trinajstić information content (AvgIpc) is 1.90. The van der Waals surface area contributed by atoms with E-state index in [9.17, 15) is 0 Å². The van der Waals surface area contributed by atoms with E-state index in [1.54, 1.807) is 12.3 Å². The van der Waals surface area contributed by atoms with Crippen molar-refractivity contribution in [2.45, 2.75) is 5.85 Å². The van der Waals surface area contributed by atoms with Crippen molar-refractivity contribution >= 4 is 6.34 Å². The van der Waals surface area contributed by atoms with Crippen LogP contribution in [0.2, 0.25) is 0 Å². The molecule has 0 radical (unpaired) electrons. The van der Waals surface area contributed by atoms with Crippen LogP contribution in [0.1, 0.15) is 0 Å². The molecule has 0 aromatic heterocycles. The second kappa shape index (κ2) is 2.16. The first-order valence-corrected chi connectivity index (χ1v) is 2.58. The lowest BCUT2D eigenvalue weighted by Gasteiger charge is -2.20. The first-order valence-electron chi connectivity index (χ1n) is 2.58. The Balaban J connectivity index is 2.67. The first kappa shape index (κ1) is 6.25. The van der Waals surface area contributed by atoms with Crippen LogP contribution in [0.15, 0.2) is 17.3 Å². The molecule has 0 saturated heterocycles. The Kier molecular flexibility index (Phi) is 1.50. The number of methoxy groups -OCH3 is 1. The van der Waals surface area contributed by atoms with Crippen molar-refractivity contribution in [2.75, 3.05) is 7.11 Å². The fraction of sp³-hybridized carbons (Fsp3) is 0.400. The molecule has 50 valence electrons. The van der Waals surface area contributed by atoms with E-state index in [4.69, 9.17) is 10.5 Å². The third-order valence-corrected chi connectivity index (χ3v) is 1.09. The van der Waals surface area contributed by atoms with E-state index in [0.29, 0.717) is 0 Å². The highest BCUT2D eigenvalue weighted by Gasteiger charge is 2.18. The van der Waals surface area contributed by atoms with Crippen LogP contribution >= 0.6 is 0 Å². The number of nitrogens with two attached hydrogens (primary N) is 1. The quantitative estimate of drug-likeness (QED) is 0.462. The smallest absolute Gasteiger partial charge is 0.236 e. The van der Waals surface area contributed by atoms with Gasteiger partial charge in [0.2, 0.25) is 5.85 Å². The van der Waals surface area contributed by atoms with E-state index in [0.717, 1.165) is 0 Å². The van der Waals surface area contributed by atoms with E-state index in [1.165, 1.54) is 13.4 Å². The molecule has 0 saturated carbocycles. The van der Waals surface area contributed by atoms with Gasteiger partial charge in [0.15, 0.2) is 0 Å². The van der Waals surface area contributed by atoms with Gasteiger partial charge in [-0.2, -0.15) is 0 Å². The number of hydrogen-bond acceptors (Lipinski definition) is 4. The predicted molar refractivity (Wildman–Crippen MR) is 34.7 cm³/mol. The number of nitrogens with zero attached hydrogens (tertiary/aromatic N) is 1. The van der Waals surface area contributed by atoms with Gasteiger partial charge in [-0.05, 0) is 0 Å². The number of rotatable bonds is 1. The minimum absolute atomic E-state index is 0.953. The SMILES string of the molecule is COC1(N)C=CNC=N1. The highest BCUT2D eigenvalue weighted by atomic mass is 16.5. The lowest BCUT2D eigenvalue weighted by Crippen LogP contribution is -2.40. The molecule has 0 aromatic carbocycles. The summed E-state index contributed by atoms with van der Waals surface area (Å²) < 4.78 is 4.83. The van der Waals surface area contributed by atoms with Gasteiger partial charge in [0.1, 0.15) is 0 Å². The fourth-order valence-corrected chi connectivity index (χ4v) is 0.512. The van der Waals surface area contributed by atoms with Crippen LogP contribution in [0.25, 0.3) is 0 Å². The van der Waals surface area contributed by atoms with Gasteiger partial charge in [-0.25, -0.2) is 4.99 Å². The van der Waals surface area contributed by atoms with Gasteiger partial charge in [-0.3, -0.25) is 5.73 Å². The Morgan fingerprint density at radius 1 is 1.78 bits per heavy atom. The summed E-state index contributed by atoms with van der Waals surface area (Å²) in [7, 11) is 1.51. The second-order valence-electron chi connectivity index (χ2n) is 1.71. The van der Waals surface area contributed by atoms with E-state index in [2.05, 4.69) is 10.3 Å². The molecule has 3 N–H and O–H groups in total. The van der Waals surface area contributed by atoms with E-state index in [1.807, 2.05) is 0 Å². The van der Waals surface area contributed by atoms with Crippen LogP contribution in [0.5, 0.6) is 0 Å². The zero-order valence-electron chi connectivity index (χ0n) is 5.16. The van der Waals surface area contributed by atoms with Crippen molar-refractivity contribution in [3.63, 3.8) is 0 Å². The third-order valence-electron chi connectivity index (χ3n) is 1.09. The number of ether oxygens (including phenoxy) is 1. The van der Waals surface area contributed by atoms with Gasteiger partial charge < -0.3 is 10.1 Å². The molecule has 1 unspecified atom stereocenters. The predicted octanol–water partition coefficient (Wildman–Crippen LogP) is -0.610. The van der Waals surface area contributed by atoms with Crippen molar-refractivity contribution in [3.8, 4) is 0 Å². The summed E-state index contributed by atoms with van der Waals surface area (Å²) in [4.78, 5) is 3.81. The lowest BCUT2D eigenvalue weighted by atomic mass is 10.4. The molecular formula is C5H9N3O. The number of aliphatic imine (C=N–C) groups is 1. The van der Waals surface area contributed by atoms with Crippen molar-refractivity contribution < 1.29 is 4.74 Å². The zero-order chi connectivity index (χ0) is 6.74. The Morgan fingerprint density at radius 2 is 2.56 bits per heavy atom. The molecule has 9 heavy (non-hydrogen) atoms. The second-order valence-corrected chi connectivity index (χ2v) is 1.71. The topological polar surface area (TPSA) is 59.6 Å². The maximum absolute atomic E-state index is 5.51. The molecule has 1 aliphatic rings. The Morgan fingerprint density at radius 3 is 2.89 bits per heavy atom. The molecular weight excluding hydrogens is 118 g/mol. The molecule has 4 heteroatoms.